The zero-order chi connectivity index (χ0) is 16.5. The number of likely N-dealkylation sites (tertiary alicyclic amines) is 1. The van der Waals surface area contributed by atoms with E-state index in [-0.39, 0.29) is 18.1 Å². The number of nitrogens with zero attached hydrogens (tertiary/aromatic N) is 1. The quantitative estimate of drug-likeness (QED) is 0.831. The van der Waals surface area contributed by atoms with Crippen LogP contribution in [0.2, 0.25) is 0 Å². The molecule has 4 nitrogen and oxygen atoms in total. The van der Waals surface area contributed by atoms with E-state index < -0.39 is 6.10 Å². The lowest BCUT2D eigenvalue weighted by atomic mass is 9.51. The fourth-order valence-corrected chi connectivity index (χ4v) is 6.18. The highest BCUT2D eigenvalue weighted by Gasteiger charge is 2.65. The number of ether oxygens (including phenoxy) is 1. The van der Waals surface area contributed by atoms with Crippen molar-refractivity contribution in [3.8, 4) is 5.75 Å². The van der Waals surface area contributed by atoms with Crippen molar-refractivity contribution in [3.63, 3.8) is 0 Å². The first-order valence-electron chi connectivity index (χ1n) is 9.16. The summed E-state index contributed by atoms with van der Waals surface area (Å²) in [5, 5.41) is 20.5. The van der Waals surface area contributed by atoms with Crippen LogP contribution in [0.4, 0.5) is 0 Å². The Morgan fingerprint density at radius 3 is 3.04 bits per heavy atom. The smallest absolute Gasteiger partial charge is 0.135 e. The lowest BCUT2D eigenvalue weighted by Gasteiger charge is -2.59. The molecular weight excluding hydrogens is 302 g/mol. The summed E-state index contributed by atoms with van der Waals surface area (Å²) >= 11 is 0. The molecule has 4 unspecified atom stereocenters. The van der Waals surface area contributed by atoms with Crippen molar-refractivity contribution in [2.45, 2.75) is 56.0 Å². The second-order valence-electron chi connectivity index (χ2n) is 7.88. The first kappa shape index (κ1) is 14.9. The van der Waals surface area contributed by atoms with Gasteiger partial charge in [-0.15, -0.1) is 6.58 Å². The molecule has 1 aromatic carbocycles. The number of rotatable bonds is 3. The normalized spacial score (nSPS) is 39.2. The lowest BCUT2D eigenvalue weighted by molar-refractivity contribution is -0.102. The van der Waals surface area contributed by atoms with Crippen molar-refractivity contribution in [2.24, 2.45) is 5.92 Å². The molecule has 24 heavy (non-hydrogen) atoms. The Morgan fingerprint density at radius 2 is 2.25 bits per heavy atom. The van der Waals surface area contributed by atoms with E-state index in [1.807, 2.05) is 12.1 Å². The minimum absolute atomic E-state index is 0.00179. The molecule has 1 spiro atoms. The summed E-state index contributed by atoms with van der Waals surface area (Å²) in [6.45, 7) is 5.89. The van der Waals surface area contributed by atoms with E-state index in [1.165, 1.54) is 11.1 Å². The van der Waals surface area contributed by atoms with Crippen molar-refractivity contribution in [3.05, 3.63) is 41.5 Å². The summed E-state index contributed by atoms with van der Waals surface area (Å²) in [7, 11) is 0. The topological polar surface area (TPSA) is 52.9 Å². The first-order chi connectivity index (χ1) is 11.7. The summed E-state index contributed by atoms with van der Waals surface area (Å²) < 4.78 is 6.36. The Balaban J connectivity index is 1.72. The van der Waals surface area contributed by atoms with Crippen LogP contribution in [0.1, 0.15) is 36.0 Å². The van der Waals surface area contributed by atoms with Gasteiger partial charge in [-0.3, -0.25) is 4.90 Å². The van der Waals surface area contributed by atoms with E-state index in [0.717, 1.165) is 50.1 Å². The molecular formula is C20H25NO3. The summed E-state index contributed by atoms with van der Waals surface area (Å²) in [6.07, 6.45) is 5.39. The number of hydrogen-bond acceptors (Lipinski definition) is 4. The molecule has 5 rings (SSSR count). The van der Waals surface area contributed by atoms with Gasteiger partial charge in [0.05, 0.1) is 12.7 Å². The van der Waals surface area contributed by atoms with Gasteiger partial charge in [-0.2, -0.15) is 0 Å². The molecule has 128 valence electrons. The van der Waals surface area contributed by atoms with Gasteiger partial charge in [0.25, 0.3) is 0 Å². The average molecular weight is 327 g/mol. The van der Waals surface area contributed by atoms with Gasteiger partial charge in [0, 0.05) is 29.1 Å². The predicted octanol–water partition coefficient (Wildman–Crippen LogP) is 1.76. The molecule has 1 saturated heterocycles. The molecule has 2 aliphatic carbocycles. The van der Waals surface area contributed by atoms with Crippen LogP contribution in [0.3, 0.4) is 0 Å². The van der Waals surface area contributed by atoms with E-state index in [0.29, 0.717) is 12.0 Å². The maximum absolute atomic E-state index is 10.7. The Hall–Kier alpha value is -1.36. The molecule has 0 amide bonds. The molecule has 2 aliphatic heterocycles. The number of aliphatic hydroxyl groups excluding tert-OH is 2. The van der Waals surface area contributed by atoms with Crippen molar-refractivity contribution in [2.75, 3.05) is 13.1 Å². The number of aliphatic hydroxyl groups is 2. The van der Waals surface area contributed by atoms with E-state index >= 15 is 0 Å². The molecule has 4 aliphatic rings. The average Bonchev–Trinajstić information content (AvgIpc) is 2.94. The van der Waals surface area contributed by atoms with E-state index in [9.17, 15) is 10.2 Å². The third-order valence-corrected chi connectivity index (χ3v) is 7.04. The molecule has 1 saturated carbocycles. The lowest BCUT2D eigenvalue weighted by Crippen LogP contribution is -2.66. The maximum atomic E-state index is 10.7. The highest BCUT2D eigenvalue weighted by Crippen LogP contribution is 2.62. The van der Waals surface area contributed by atoms with Gasteiger partial charge >= 0.3 is 0 Å². The Kier molecular flexibility index (Phi) is 3.16. The van der Waals surface area contributed by atoms with Crippen LogP contribution < -0.4 is 4.74 Å². The van der Waals surface area contributed by atoms with Crippen molar-refractivity contribution in [1.29, 1.82) is 0 Å². The standard InChI is InChI=1S/C20H25NO3/c1-2-8-21-9-7-20-14-5-6-16(23)19(20)24-18-13(11-22)4-3-12(17(18)20)10-15(14)21/h2-4,14-16,19,22-23H,1,5-11H2/t14?,15?,16?,19?,20-/m1/s1. The van der Waals surface area contributed by atoms with Gasteiger partial charge in [-0.05, 0) is 43.7 Å². The minimum Gasteiger partial charge on any atom is -0.486 e. The van der Waals surface area contributed by atoms with Crippen LogP contribution in [-0.4, -0.2) is 46.5 Å². The summed E-state index contributed by atoms with van der Waals surface area (Å²) in [6, 6.07) is 4.69. The largest absolute Gasteiger partial charge is 0.486 e. The van der Waals surface area contributed by atoms with Crippen LogP contribution in [0.15, 0.2) is 24.8 Å². The van der Waals surface area contributed by atoms with Crippen LogP contribution in [-0.2, 0) is 18.4 Å². The van der Waals surface area contributed by atoms with Gasteiger partial charge in [-0.1, -0.05) is 18.2 Å². The molecule has 0 radical (unpaired) electrons. The predicted molar refractivity (Wildman–Crippen MR) is 91.1 cm³/mol. The molecule has 2 N–H and O–H groups in total. The Morgan fingerprint density at radius 1 is 1.38 bits per heavy atom. The van der Waals surface area contributed by atoms with Gasteiger partial charge in [0.15, 0.2) is 0 Å². The highest BCUT2D eigenvalue weighted by molar-refractivity contribution is 5.58. The van der Waals surface area contributed by atoms with E-state index in [1.54, 1.807) is 0 Å². The van der Waals surface area contributed by atoms with Gasteiger partial charge in [0.1, 0.15) is 11.9 Å². The maximum Gasteiger partial charge on any atom is 0.135 e. The van der Waals surface area contributed by atoms with Gasteiger partial charge in [-0.25, -0.2) is 0 Å². The summed E-state index contributed by atoms with van der Waals surface area (Å²) in [5.74, 6) is 1.41. The Labute approximate surface area is 142 Å². The van der Waals surface area contributed by atoms with Crippen molar-refractivity contribution in [1.82, 2.24) is 4.90 Å². The molecule has 2 fully saturated rings. The fraction of sp³-hybridized carbons (Fsp3) is 0.600. The van der Waals surface area contributed by atoms with Gasteiger partial charge < -0.3 is 14.9 Å². The number of piperidine rings is 1. The highest BCUT2D eigenvalue weighted by atomic mass is 16.5. The second-order valence-corrected chi connectivity index (χ2v) is 7.88. The zero-order valence-corrected chi connectivity index (χ0v) is 13.9. The zero-order valence-electron chi connectivity index (χ0n) is 13.9. The first-order valence-corrected chi connectivity index (χ1v) is 9.16. The molecule has 2 heterocycles. The fourth-order valence-electron chi connectivity index (χ4n) is 6.18. The van der Waals surface area contributed by atoms with Crippen LogP contribution in [0.5, 0.6) is 5.75 Å². The molecule has 4 heteroatoms. The van der Waals surface area contributed by atoms with E-state index in [2.05, 4.69) is 17.5 Å². The second kappa shape index (κ2) is 5.07. The third-order valence-electron chi connectivity index (χ3n) is 7.04. The third kappa shape index (κ3) is 1.64. The summed E-state index contributed by atoms with van der Waals surface area (Å²) in [5.41, 5.74) is 3.48. The summed E-state index contributed by atoms with van der Waals surface area (Å²) in [4.78, 5) is 2.57. The SMILES string of the molecule is C=CCN1CC[C@@]23c4c5ccc(CO)c4OC2C(O)CCC3C1C5. The minimum atomic E-state index is -0.405. The van der Waals surface area contributed by atoms with Crippen molar-refractivity contribution < 1.29 is 14.9 Å². The Bertz CT molecular complexity index is 702. The number of hydrogen-bond donors (Lipinski definition) is 2. The van der Waals surface area contributed by atoms with E-state index in [4.69, 9.17) is 4.74 Å². The van der Waals surface area contributed by atoms with Crippen LogP contribution in [0, 0.1) is 5.92 Å². The van der Waals surface area contributed by atoms with Crippen molar-refractivity contribution >= 4 is 0 Å². The van der Waals surface area contributed by atoms with Gasteiger partial charge in [0.2, 0.25) is 0 Å². The molecule has 0 aromatic heterocycles. The molecule has 5 atom stereocenters. The number of benzene rings is 1. The van der Waals surface area contributed by atoms with Crippen LogP contribution in [0.25, 0.3) is 0 Å². The van der Waals surface area contributed by atoms with Crippen LogP contribution >= 0.6 is 0 Å². The monoisotopic (exact) mass is 327 g/mol. The molecule has 1 aromatic rings. The molecule has 2 bridgehead atoms.